The molecule has 78 valence electrons. The van der Waals surface area contributed by atoms with Crippen molar-refractivity contribution in [3.63, 3.8) is 0 Å². The standard InChI is InChI=1S/C10H9FN2OS/c11-7-1-2-9(8(12)5-7)14-6-10-13-3-4-15-10/h1-5H,6,12H2. The number of rotatable bonds is 3. The highest BCUT2D eigenvalue weighted by Crippen LogP contribution is 2.23. The molecular weight excluding hydrogens is 215 g/mol. The number of nitrogen functional groups attached to an aromatic ring is 1. The highest BCUT2D eigenvalue weighted by atomic mass is 32.1. The largest absolute Gasteiger partial charge is 0.484 e. The number of hydrogen-bond acceptors (Lipinski definition) is 4. The quantitative estimate of drug-likeness (QED) is 0.814. The van der Waals surface area contributed by atoms with Gasteiger partial charge in [-0.25, -0.2) is 9.37 Å². The maximum Gasteiger partial charge on any atom is 0.143 e. The smallest absolute Gasteiger partial charge is 0.143 e. The van der Waals surface area contributed by atoms with Crippen LogP contribution in [0.15, 0.2) is 29.8 Å². The second-order valence-corrected chi connectivity index (χ2v) is 3.88. The van der Waals surface area contributed by atoms with Crippen LogP contribution in [0.1, 0.15) is 5.01 Å². The van der Waals surface area contributed by atoms with Crippen molar-refractivity contribution in [1.82, 2.24) is 4.98 Å². The Hall–Kier alpha value is -1.62. The van der Waals surface area contributed by atoms with Crippen LogP contribution in [-0.4, -0.2) is 4.98 Å². The number of nitrogens with zero attached hydrogens (tertiary/aromatic N) is 1. The molecule has 1 aromatic carbocycles. The summed E-state index contributed by atoms with van der Waals surface area (Å²) in [6.07, 6.45) is 1.71. The lowest BCUT2D eigenvalue weighted by Crippen LogP contribution is -1.98. The first kappa shape index (κ1) is 9.92. The van der Waals surface area contributed by atoms with Crippen molar-refractivity contribution in [2.45, 2.75) is 6.61 Å². The van der Waals surface area contributed by atoms with Gasteiger partial charge in [-0.3, -0.25) is 0 Å². The lowest BCUT2D eigenvalue weighted by Gasteiger charge is -2.06. The Kier molecular flexibility index (Phi) is 2.82. The second-order valence-electron chi connectivity index (χ2n) is 2.90. The SMILES string of the molecule is Nc1cc(F)ccc1OCc1nccs1. The summed E-state index contributed by atoms with van der Waals surface area (Å²) in [6, 6.07) is 4.06. The molecule has 0 aliphatic heterocycles. The predicted molar refractivity (Wildman–Crippen MR) is 57.3 cm³/mol. The Labute approximate surface area is 90.3 Å². The first-order valence-corrected chi connectivity index (χ1v) is 5.20. The van der Waals surface area contributed by atoms with Crippen LogP contribution >= 0.6 is 11.3 Å². The zero-order chi connectivity index (χ0) is 10.7. The minimum Gasteiger partial charge on any atom is -0.484 e. The van der Waals surface area contributed by atoms with Crippen LogP contribution in [0.25, 0.3) is 0 Å². The summed E-state index contributed by atoms with van der Waals surface area (Å²) in [7, 11) is 0. The third-order valence-electron chi connectivity index (χ3n) is 1.81. The molecule has 2 N–H and O–H groups in total. The van der Waals surface area contributed by atoms with E-state index in [9.17, 15) is 4.39 Å². The molecule has 0 fully saturated rings. The van der Waals surface area contributed by atoms with Crippen molar-refractivity contribution >= 4 is 17.0 Å². The minimum absolute atomic E-state index is 0.298. The van der Waals surface area contributed by atoms with E-state index in [4.69, 9.17) is 10.5 Å². The first-order valence-electron chi connectivity index (χ1n) is 4.32. The molecule has 0 atom stereocenters. The summed E-state index contributed by atoms with van der Waals surface area (Å²) in [5.41, 5.74) is 5.88. The van der Waals surface area contributed by atoms with Gasteiger partial charge < -0.3 is 10.5 Å². The summed E-state index contributed by atoms with van der Waals surface area (Å²) < 4.78 is 18.1. The molecule has 0 aliphatic rings. The molecule has 2 rings (SSSR count). The molecule has 0 aliphatic carbocycles. The molecule has 5 heteroatoms. The van der Waals surface area contributed by atoms with Crippen molar-refractivity contribution in [2.24, 2.45) is 0 Å². The van der Waals surface area contributed by atoms with Gasteiger partial charge in [-0.05, 0) is 12.1 Å². The second kappa shape index (κ2) is 4.27. The number of ether oxygens (including phenoxy) is 1. The van der Waals surface area contributed by atoms with Crippen LogP contribution < -0.4 is 10.5 Å². The Morgan fingerprint density at radius 3 is 3.00 bits per heavy atom. The zero-order valence-corrected chi connectivity index (χ0v) is 8.63. The van der Waals surface area contributed by atoms with Crippen molar-refractivity contribution in [2.75, 3.05) is 5.73 Å². The molecule has 0 saturated heterocycles. The van der Waals surface area contributed by atoms with Gasteiger partial charge in [-0.15, -0.1) is 11.3 Å². The topological polar surface area (TPSA) is 48.1 Å². The zero-order valence-electron chi connectivity index (χ0n) is 7.81. The lowest BCUT2D eigenvalue weighted by molar-refractivity contribution is 0.307. The number of thiazole rings is 1. The molecule has 1 aromatic heterocycles. The van der Waals surface area contributed by atoms with E-state index in [-0.39, 0.29) is 5.82 Å². The molecule has 0 bridgehead atoms. The van der Waals surface area contributed by atoms with Gasteiger partial charge in [0.25, 0.3) is 0 Å². The monoisotopic (exact) mass is 224 g/mol. The average molecular weight is 224 g/mol. The number of benzene rings is 1. The van der Waals surface area contributed by atoms with E-state index in [0.29, 0.717) is 18.0 Å². The predicted octanol–water partition coefficient (Wildman–Crippen LogP) is 2.44. The molecule has 0 saturated carbocycles. The number of hydrogen-bond donors (Lipinski definition) is 1. The Morgan fingerprint density at radius 2 is 2.33 bits per heavy atom. The summed E-state index contributed by atoms with van der Waals surface area (Å²) >= 11 is 1.50. The third-order valence-corrected chi connectivity index (χ3v) is 2.56. The number of halogens is 1. The van der Waals surface area contributed by atoms with Crippen LogP contribution in [0, 0.1) is 5.82 Å². The molecule has 15 heavy (non-hydrogen) atoms. The van der Waals surface area contributed by atoms with Crippen LogP contribution in [0.5, 0.6) is 5.75 Å². The molecule has 0 unspecified atom stereocenters. The highest BCUT2D eigenvalue weighted by Gasteiger charge is 2.03. The van der Waals surface area contributed by atoms with Crippen molar-refractivity contribution < 1.29 is 9.13 Å². The molecule has 0 spiro atoms. The normalized spacial score (nSPS) is 10.2. The van der Waals surface area contributed by atoms with Crippen molar-refractivity contribution in [3.05, 3.63) is 40.6 Å². The minimum atomic E-state index is -0.367. The van der Waals surface area contributed by atoms with Crippen LogP contribution in [0.3, 0.4) is 0 Å². The van der Waals surface area contributed by atoms with E-state index in [1.807, 2.05) is 5.38 Å². The summed E-state index contributed by atoms with van der Waals surface area (Å²) in [5, 5.41) is 2.73. The highest BCUT2D eigenvalue weighted by molar-refractivity contribution is 7.09. The van der Waals surface area contributed by atoms with E-state index in [2.05, 4.69) is 4.98 Å². The first-order chi connectivity index (χ1) is 7.25. The number of aromatic nitrogens is 1. The van der Waals surface area contributed by atoms with Gasteiger partial charge in [0, 0.05) is 17.6 Å². The maximum atomic E-state index is 12.7. The third kappa shape index (κ3) is 2.44. The summed E-state index contributed by atoms with van der Waals surface area (Å²) in [6.45, 7) is 0.355. The molecule has 1 heterocycles. The molecule has 2 aromatic rings. The number of nitrogens with two attached hydrogens (primary N) is 1. The number of anilines is 1. The van der Waals surface area contributed by atoms with E-state index in [1.54, 1.807) is 6.20 Å². The maximum absolute atomic E-state index is 12.7. The lowest BCUT2D eigenvalue weighted by atomic mass is 10.3. The van der Waals surface area contributed by atoms with Crippen molar-refractivity contribution in [3.8, 4) is 5.75 Å². The Balaban J connectivity index is 2.05. The van der Waals surface area contributed by atoms with Gasteiger partial charge in [0.2, 0.25) is 0 Å². The van der Waals surface area contributed by atoms with Gasteiger partial charge in [0.05, 0.1) is 5.69 Å². The van der Waals surface area contributed by atoms with E-state index in [1.165, 1.54) is 29.5 Å². The van der Waals surface area contributed by atoms with Gasteiger partial charge in [-0.1, -0.05) is 0 Å². The molecule has 0 amide bonds. The summed E-state index contributed by atoms with van der Waals surface area (Å²) in [5.74, 6) is 0.112. The molecule has 3 nitrogen and oxygen atoms in total. The van der Waals surface area contributed by atoms with E-state index >= 15 is 0 Å². The average Bonchev–Trinajstić information content (AvgIpc) is 2.69. The molecule has 0 radical (unpaired) electrons. The summed E-state index contributed by atoms with van der Waals surface area (Å²) in [4.78, 5) is 4.06. The van der Waals surface area contributed by atoms with E-state index in [0.717, 1.165) is 5.01 Å². The Bertz CT molecular complexity index is 445. The van der Waals surface area contributed by atoms with Gasteiger partial charge >= 0.3 is 0 Å². The van der Waals surface area contributed by atoms with Gasteiger partial charge in [0.15, 0.2) is 0 Å². The van der Waals surface area contributed by atoms with Crippen LogP contribution in [0.4, 0.5) is 10.1 Å². The van der Waals surface area contributed by atoms with E-state index < -0.39 is 0 Å². The van der Waals surface area contributed by atoms with Crippen LogP contribution in [0.2, 0.25) is 0 Å². The Morgan fingerprint density at radius 1 is 1.47 bits per heavy atom. The van der Waals surface area contributed by atoms with Gasteiger partial charge in [0.1, 0.15) is 23.2 Å². The fourth-order valence-electron chi connectivity index (χ4n) is 1.11. The van der Waals surface area contributed by atoms with Crippen molar-refractivity contribution in [1.29, 1.82) is 0 Å². The fourth-order valence-corrected chi connectivity index (χ4v) is 1.64. The molecular formula is C10H9FN2OS. The van der Waals surface area contributed by atoms with Crippen LogP contribution in [-0.2, 0) is 6.61 Å². The fraction of sp³-hybridized carbons (Fsp3) is 0.100. The van der Waals surface area contributed by atoms with Gasteiger partial charge in [-0.2, -0.15) is 0 Å².